The van der Waals surface area contributed by atoms with Crippen LogP contribution in [0.1, 0.15) is 39.0 Å². The van der Waals surface area contributed by atoms with E-state index in [0.29, 0.717) is 28.8 Å². The molecule has 0 spiro atoms. The van der Waals surface area contributed by atoms with Gasteiger partial charge in [-0.15, -0.1) is 11.3 Å². The van der Waals surface area contributed by atoms with Gasteiger partial charge in [-0.2, -0.15) is 5.10 Å². The normalized spacial score (nSPS) is 10.6. The third kappa shape index (κ3) is 5.65. The summed E-state index contributed by atoms with van der Waals surface area (Å²) in [5, 5.41) is 11.8. The maximum atomic E-state index is 12.4. The van der Waals surface area contributed by atoms with E-state index in [4.69, 9.17) is 17.0 Å². The van der Waals surface area contributed by atoms with Crippen molar-refractivity contribution in [3.63, 3.8) is 0 Å². The van der Waals surface area contributed by atoms with E-state index in [1.165, 1.54) is 16.9 Å². The van der Waals surface area contributed by atoms with Gasteiger partial charge in [-0.1, -0.05) is 30.3 Å². The first-order valence-corrected chi connectivity index (χ1v) is 10.6. The number of hydrogen-bond donors (Lipinski definition) is 2. The van der Waals surface area contributed by atoms with Crippen LogP contribution in [0.5, 0.6) is 0 Å². The molecule has 0 saturated heterocycles. The van der Waals surface area contributed by atoms with Crippen LogP contribution in [0.4, 0.5) is 5.00 Å². The van der Waals surface area contributed by atoms with Gasteiger partial charge in [0.15, 0.2) is 5.11 Å². The fourth-order valence-electron chi connectivity index (χ4n) is 2.92. The smallest absolute Gasteiger partial charge is 0.341 e. The van der Waals surface area contributed by atoms with Crippen molar-refractivity contribution < 1.29 is 9.53 Å². The van der Waals surface area contributed by atoms with Gasteiger partial charge in [0.05, 0.1) is 17.9 Å². The molecular formula is C21H24N4O2S2. The zero-order valence-corrected chi connectivity index (χ0v) is 18.3. The van der Waals surface area contributed by atoms with Crippen molar-refractivity contribution in [1.82, 2.24) is 15.1 Å². The lowest BCUT2D eigenvalue weighted by molar-refractivity contribution is 0.0528. The standard InChI is InChI=1S/C21H24N4O2S2/c1-4-27-20(26)18-11-17(10-15-8-6-5-7-9-15)29-19(18)23-21(28)22-12-16-13-25(3)24-14(16)2/h5-9,11,13H,4,10,12H2,1-3H3,(H2,22,23,28). The molecule has 0 aliphatic heterocycles. The molecule has 29 heavy (non-hydrogen) atoms. The minimum Gasteiger partial charge on any atom is -0.462 e. The van der Waals surface area contributed by atoms with Crippen LogP contribution in [0.2, 0.25) is 0 Å². The Bertz CT molecular complexity index is 996. The lowest BCUT2D eigenvalue weighted by Gasteiger charge is -2.10. The molecule has 0 unspecified atom stereocenters. The number of nitrogens with one attached hydrogen (secondary N) is 2. The third-order valence-electron chi connectivity index (χ3n) is 4.28. The molecule has 152 valence electrons. The second-order valence-corrected chi connectivity index (χ2v) is 8.10. The average Bonchev–Trinajstić information content (AvgIpc) is 3.23. The molecule has 2 N–H and O–H groups in total. The molecule has 0 saturated carbocycles. The number of carbonyl (C=O) groups excluding carboxylic acids is 1. The summed E-state index contributed by atoms with van der Waals surface area (Å²) in [5.41, 5.74) is 3.71. The van der Waals surface area contributed by atoms with E-state index in [0.717, 1.165) is 22.6 Å². The number of esters is 1. The summed E-state index contributed by atoms with van der Waals surface area (Å²) in [6.07, 6.45) is 2.70. The number of rotatable bonds is 7. The predicted molar refractivity (Wildman–Crippen MR) is 121 cm³/mol. The number of aryl methyl sites for hydroxylation is 2. The van der Waals surface area contributed by atoms with Crippen LogP contribution in [0.3, 0.4) is 0 Å². The minimum absolute atomic E-state index is 0.325. The van der Waals surface area contributed by atoms with Gasteiger partial charge in [-0.05, 0) is 37.7 Å². The Kier molecular flexibility index (Phi) is 7.00. The third-order valence-corrected chi connectivity index (χ3v) is 5.58. The largest absolute Gasteiger partial charge is 0.462 e. The summed E-state index contributed by atoms with van der Waals surface area (Å²) >= 11 is 6.95. The van der Waals surface area contributed by atoms with E-state index in [9.17, 15) is 4.79 Å². The van der Waals surface area contributed by atoms with Crippen molar-refractivity contribution in [2.24, 2.45) is 7.05 Å². The van der Waals surface area contributed by atoms with Crippen molar-refractivity contribution in [3.05, 3.63) is 69.9 Å². The summed E-state index contributed by atoms with van der Waals surface area (Å²) in [6.45, 7) is 4.64. The van der Waals surface area contributed by atoms with E-state index in [1.54, 1.807) is 11.6 Å². The number of carbonyl (C=O) groups is 1. The van der Waals surface area contributed by atoms with Crippen molar-refractivity contribution >= 4 is 39.6 Å². The molecular weight excluding hydrogens is 404 g/mol. The number of anilines is 1. The van der Waals surface area contributed by atoms with Gasteiger partial charge >= 0.3 is 5.97 Å². The van der Waals surface area contributed by atoms with Crippen LogP contribution in [0, 0.1) is 6.92 Å². The lowest BCUT2D eigenvalue weighted by Crippen LogP contribution is -2.28. The van der Waals surface area contributed by atoms with E-state index in [2.05, 4.69) is 27.9 Å². The molecule has 3 aromatic rings. The van der Waals surface area contributed by atoms with Crippen LogP contribution in [-0.4, -0.2) is 27.5 Å². The second-order valence-electron chi connectivity index (χ2n) is 6.56. The van der Waals surface area contributed by atoms with Crippen LogP contribution in [-0.2, 0) is 24.8 Å². The molecule has 2 heterocycles. The zero-order valence-electron chi connectivity index (χ0n) is 16.7. The van der Waals surface area contributed by atoms with Crippen molar-refractivity contribution in [2.45, 2.75) is 26.8 Å². The molecule has 0 bridgehead atoms. The number of benzene rings is 1. The van der Waals surface area contributed by atoms with Crippen LogP contribution in [0.25, 0.3) is 0 Å². The van der Waals surface area contributed by atoms with Gasteiger partial charge in [-0.3, -0.25) is 4.68 Å². The highest BCUT2D eigenvalue weighted by Crippen LogP contribution is 2.30. The van der Waals surface area contributed by atoms with Gasteiger partial charge in [0.25, 0.3) is 0 Å². The molecule has 8 heteroatoms. The minimum atomic E-state index is -0.350. The summed E-state index contributed by atoms with van der Waals surface area (Å²) in [6, 6.07) is 12.0. The van der Waals surface area contributed by atoms with E-state index >= 15 is 0 Å². The van der Waals surface area contributed by atoms with Gasteiger partial charge < -0.3 is 15.4 Å². The highest BCUT2D eigenvalue weighted by atomic mass is 32.1. The highest BCUT2D eigenvalue weighted by molar-refractivity contribution is 7.80. The molecule has 0 aliphatic rings. The number of hydrogen-bond acceptors (Lipinski definition) is 5. The Balaban J connectivity index is 1.72. The first-order chi connectivity index (χ1) is 14.0. The summed E-state index contributed by atoms with van der Waals surface area (Å²) < 4.78 is 6.99. The Morgan fingerprint density at radius 2 is 2.07 bits per heavy atom. The fourth-order valence-corrected chi connectivity index (χ4v) is 4.25. The predicted octanol–water partition coefficient (Wildman–Crippen LogP) is 4.04. The Morgan fingerprint density at radius 3 is 2.72 bits per heavy atom. The van der Waals surface area contributed by atoms with Crippen molar-refractivity contribution in [2.75, 3.05) is 11.9 Å². The summed E-state index contributed by atoms with van der Waals surface area (Å²) in [4.78, 5) is 13.5. The maximum absolute atomic E-state index is 12.4. The highest BCUT2D eigenvalue weighted by Gasteiger charge is 2.18. The van der Waals surface area contributed by atoms with Crippen molar-refractivity contribution in [1.29, 1.82) is 0 Å². The quantitative estimate of drug-likeness (QED) is 0.437. The zero-order chi connectivity index (χ0) is 20.8. The first kappa shape index (κ1) is 21.0. The second kappa shape index (κ2) is 9.67. The maximum Gasteiger partial charge on any atom is 0.341 e. The van der Waals surface area contributed by atoms with Gasteiger partial charge in [0.1, 0.15) is 5.00 Å². The molecule has 0 radical (unpaired) electrons. The molecule has 0 aliphatic carbocycles. The number of thiophene rings is 1. The Labute approximate surface area is 179 Å². The van der Waals surface area contributed by atoms with Crippen LogP contribution in [0.15, 0.2) is 42.6 Å². The van der Waals surface area contributed by atoms with Gasteiger partial charge in [-0.25, -0.2) is 4.79 Å². The number of nitrogens with zero attached hydrogens (tertiary/aromatic N) is 2. The number of ether oxygens (including phenoxy) is 1. The van der Waals surface area contributed by atoms with Gasteiger partial charge in [0, 0.05) is 36.7 Å². The Morgan fingerprint density at radius 1 is 1.31 bits per heavy atom. The van der Waals surface area contributed by atoms with Crippen LogP contribution >= 0.6 is 23.6 Å². The van der Waals surface area contributed by atoms with Crippen LogP contribution < -0.4 is 10.6 Å². The molecule has 0 fully saturated rings. The number of thiocarbonyl (C=S) groups is 1. The summed E-state index contributed by atoms with van der Waals surface area (Å²) in [5.74, 6) is -0.350. The molecule has 1 aromatic carbocycles. The molecule has 0 amide bonds. The van der Waals surface area contributed by atoms with E-state index in [1.807, 2.05) is 44.4 Å². The topological polar surface area (TPSA) is 68.2 Å². The molecule has 3 rings (SSSR count). The summed E-state index contributed by atoms with van der Waals surface area (Å²) in [7, 11) is 1.89. The lowest BCUT2D eigenvalue weighted by atomic mass is 10.1. The molecule has 6 nitrogen and oxygen atoms in total. The molecule has 2 aromatic heterocycles. The Hall–Kier alpha value is -2.71. The first-order valence-electron chi connectivity index (χ1n) is 9.34. The average molecular weight is 429 g/mol. The van der Waals surface area contributed by atoms with Crippen molar-refractivity contribution in [3.8, 4) is 0 Å². The number of aromatic nitrogens is 2. The SMILES string of the molecule is CCOC(=O)c1cc(Cc2ccccc2)sc1NC(=S)NCc1cn(C)nc1C. The van der Waals surface area contributed by atoms with E-state index < -0.39 is 0 Å². The fraction of sp³-hybridized carbons (Fsp3) is 0.286. The van der Waals surface area contributed by atoms with E-state index in [-0.39, 0.29) is 5.97 Å². The van der Waals surface area contributed by atoms with Gasteiger partial charge in [0.2, 0.25) is 0 Å². The monoisotopic (exact) mass is 428 g/mol. The molecule has 0 atom stereocenters.